The minimum atomic E-state index is -0.402. The van der Waals surface area contributed by atoms with E-state index >= 15 is 0 Å². The van der Waals surface area contributed by atoms with E-state index in [4.69, 9.17) is 4.74 Å². The van der Waals surface area contributed by atoms with Crippen LogP contribution in [0.25, 0.3) is 17.2 Å². The number of amides is 1. The average molecular weight is 402 g/mol. The Morgan fingerprint density at radius 2 is 1.66 bits per heavy atom. The first-order chi connectivity index (χ1) is 14.3. The molecule has 0 bridgehead atoms. The van der Waals surface area contributed by atoms with Crippen LogP contribution in [0.1, 0.15) is 28.2 Å². The Kier molecular flexibility index (Phi) is 6.01. The minimum absolute atomic E-state index is 0.0765. The molecule has 1 aliphatic rings. The van der Waals surface area contributed by atoms with Gasteiger partial charge in [-0.1, -0.05) is 84.9 Å². The van der Waals surface area contributed by atoms with E-state index in [1.165, 1.54) is 27.8 Å². The third kappa shape index (κ3) is 4.38. The van der Waals surface area contributed by atoms with Crippen LogP contribution in [0.4, 0.5) is 4.79 Å². The highest BCUT2D eigenvalue weighted by atomic mass is 32.1. The fraction of sp³-hybridized carbons (Fsp3) is 0.160. The summed E-state index contributed by atoms with van der Waals surface area (Å²) in [6, 6.07) is 24.8. The van der Waals surface area contributed by atoms with Crippen molar-refractivity contribution in [3.63, 3.8) is 0 Å². The van der Waals surface area contributed by atoms with Crippen LogP contribution in [0.2, 0.25) is 0 Å². The average Bonchev–Trinajstić information content (AvgIpc) is 3.09. The van der Waals surface area contributed by atoms with Gasteiger partial charge in [0.25, 0.3) is 0 Å². The van der Waals surface area contributed by atoms with Crippen LogP contribution in [0.5, 0.6) is 0 Å². The number of rotatable bonds is 6. The highest BCUT2D eigenvalue weighted by Crippen LogP contribution is 2.44. The summed E-state index contributed by atoms with van der Waals surface area (Å²) < 4.78 is 5.53. The fourth-order valence-corrected chi connectivity index (χ4v) is 3.98. The lowest BCUT2D eigenvalue weighted by Crippen LogP contribution is -2.26. The Hall–Kier alpha value is -2.98. The van der Waals surface area contributed by atoms with Crippen LogP contribution in [-0.4, -0.2) is 19.2 Å². The molecule has 0 radical (unpaired) electrons. The molecule has 1 aliphatic carbocycles. The van der Waals surface area contributed by atoms with E-state index in [1.54, 1.807) is 0 Å². The van der Waals surface area contributed by atoms with Crippen LogP contribution < -0.4 is 5.32 Å². The van der Waals surface area contributed by atoms with E-state index in [0.717, 1.165) is 5.56 Å². The summed E-state index contributed by atoms with van der Waals surface area (Å²) in [6.07, 6.45) is 3.50. The van der Waals surface area contributed by atoms with Crippen LogP contribution in [0.15, 0.2) is 78.9 Å². The first kappa shape index (κ1) is 19.3. The predicted molar refractivity (Wildman–Crippen MR) is 121 cm³/mol. The highest BCUT2D eigenvalue weighted by molar-refractivity contribution is 7.79. The smallest absolute Gasteiger partial charge is 0.407 e. The van der Waals surface area contributed by atoms with Crippen LogP contribution in [0.3, 0.4) is 0 Å². The first-order valence-corrected chi connectivity index (χ1v) is 10.3. The summed E-state index contributed by atoms with van der Waals surface area (Å²) in [7, 11) is 0. The number of alkyl carbamates (subject to hydrolysis) is 1. The largest absolute Gasteiger partial charge is 0.449 e. The van der Waals surface area contributed by atoms with Gasteiger partial charge < -0.3 is 10.1 Å². The SMILES string of the molecule is O=C(NCC=Cc1cccc(CS)c1)OCC1c2ccccc2-c2ccccc21. The topological polar surface area (TPSA) is 38.3 Å². The van der Waals surface area contributed by atoms with Crippen LogP contribution >= 0.6 is 12.6 Å². The lowest BCUT2D eigenvalue weighted by molar-refractivity contribution is 0.144. The first-order valence-electron chi connectivity index (χ1n) is 9.71. The number of ether oxygens (including phenoxy) is 1. The van der Waals surface area contributed by atoms with Gasteiger partial charge in [-0.25, -0.2) is 4.79 Å². The quantitative estimate of drug-likeness (QED) is 0.523. The summed E-state index contributed by atoms with van der Waals surface area (Å²) in [4.78, 5) is 12.2. The third-order valence-electron chi connectivity index (χ3n) is 5.15. The van der Waals surface area contributed by atoms with E-state index in [9.17, 15) is 4.79 Å². The molecule has 0 unspecified atom stereocenters. The lowest BCUT2D eigenvalue weighted by Gasteiger charge is -2.14. The van der Waals surface area contributed by atoms with Gasteiger partial charge in [0.05, 0.1) is 0 Å². The zero-order chi connectivity index (χ0) is 20.1. The van der Waals surface area contributed by atoms with Crippen molar-refractivity contribution in [2.75, 3.05) is 13.2 Å². The molecule has 0 atom stereocenters. The van der Waals surface area contributed by atoms with Crippen molar-refractivity contribution in [3.8, 4) is 11.1 Å². The van der Waals surface area contributed by atoms with Gasteiger partial charge in [0.15, 0.2) is 0 Å². The number of carbonyl (C=O) groups is 1. The molecule has 0 aromatic heterocycles. The molecule has 0 fully saturated rings. The number of nitrogens with one attached hydrogen (secondary N) is 1. The molecule has 1 amide bonds. The van der Waals surface area contributed by atoms with Crippen molar-refractivity contribution in [2.45, 2.75) is 11.7 Å². The van der Waals surface area contributed by atoms with E-state index in [1.807, 2.05) is 54.6 Å². The standard InChI is InChI=1S/C25H23NO2S/c27-25(26-14-6-9-18-7-5-8-19(15-18)17-29)28-16-24-22-12-3-1-10-20(22)21-11-2-4-13-23(21)24/h1-13,15,24,29H,14,16-17H2,(H,26,27). The van der Waals surface area contributed by atoms with Gasteiger partial charge in [-0.3, -0.25) is 0 Å². The second-order valence-corrected chi connectivity index (χ2v) is 7.33. The third-order valence-corrected chi connectivity index (χ3v) is 5.52. The molecule has 29 heavy (non-hydrogen) atoms. The maximum absolute atomic E-state index is 12.2. The lowest BCUT2D eigenvalue weighted by atomic mass is 9.98. The fourth-order valence-electron chi connectivity index (χ4n) is 3.78. The molecule has 0 aliphatic heterocycles. The monoisotopic (exact) mass is 401 g/mol. The van der Waals surface area contributed by atoms with Crippen LogP contribution in [-0.2, 0) is 10.5 Å². The highest BCUT2D eigenvalue weighted by Gasteiger charge is 2.28. The number of benzene rings is 3. The van der Waals surface area contributed by atoms with Gasteiger partial charge >= 0.3 is 6.09 Å². The number of carbonyl (C=O) groups excluding carboxylic acids is 1. The van der Waals surface area contributed by atoms with E-state index in [0.29, 0.717) is 18.9 Å². The van der Waals surface area contributed by atoms with E-state index in [2.05, 4.69) is 48.3 Å². The van der Waals surface area contributed by atoms with Crippen molar-refractivity contribution in [3.05, 3.63) is 101 Å². The van der Waals surface area contributed by atoms with Gasteiger partial charge in [0.2, 0.25) is 0 Å². The molecule has 0 saturated carbocycles. The molecule has 3 aromatic rings. The number of fused-ring (bicyclic) bond motifs is 3. The zero-order valence-electron chi connectivity index (χ0n) is 16.0. The number of hydrogen-bond donors (Lipinski definition) is 2. The minimum Gasteiger partial charge on any atom is -0.449 e. The Balaban J connectivity index is 1.32. The van der Waals surface area contributed by atoms with Crippen molar-refractivity contribution >= 4 is 24.8 Å². The van der Waals surface area contributed by atoms with Gasteiger partial charge in [-0.2, -0.15) is 12.6 Å². The van der Waals surface area contributed by atoms with E-state index < -0.39 is 6.09 Å². The Morgan fingerprint density at radius 1 is 0.966 bits per heavy atom. The van der Waals surface area contributed by atoms with Gasteiger partial charge in [-0.05, 0) is 33.4 Å². The second-order valence-electron chi connectivity index (χ2n) is 7.01. The summed E-state index contributed by atoms with van der Waals surface area (Å²) in [6.45, 7) is 0.745. The van der Waals surface area contributed by atoms with Gasteiger partial charge in [0.1, 0.15) is 6.61 Å². The molecule has 0 spiro atoms. The Bertz CT molecular complexity index is 999. The van der Waals surface area contributed by atoms with Gasteiger partial charge in [0, 0.05) is 18.2 Å². The molecule has 146 valence electrons. The molecule has 4 rings (SSSR count). The summed E-state index contributed by atoms with van der Waals surface area (Å²) in [5.41, 5.74) is 7.13. The van der Waals surface area contributed by atoms with Gasteiger partial charge in [-0.15, -0.1) is 0 Å². The van der Waals surface area contributed by atoms with Crippen LogP contribution in [0, 0.1) is 0 Å². The van der Waals surface area contributed by atoms with Crippen molar-refractivity contribution < 1.29 is 9.53 Å². The molecule has 3 nitrogen and oxygen atoms in total. The van der Waals surface area contributed by atoms with E-state index in [-0.39, 0.29) is 5.92 Å². The van der Waals surface area contributed by atoms with Crippen molar-refractivity contribution in [1.82, 2.24) is 5.32 Å². The van der Waals surface area contributed by atoms with Crippen molar-refractivity contribution in [2.24, 2.45) is 0 Å². The summed E-state index contributed by atoms with van der Waals surface area (Å²) in [5, 5.41) is 2.79. The molecule has 3 aromatic carbocycles. The summed E-state index contributed by atoms with van der Waals surface area (Å²) in [5.74, 6) is 0.785. The Labute approximate surface area is 176 Å². The molecular formula is C25H23NO2S. The zero-order valence-corrected chi connectivity index (χ0v) is 16.9. The molecular weight excluding hydrogens is 378 g/mol. The molecule has 4 heteroatoms. The number of hydrogen-bond acceptors (Lipinski definition) is 3. The Morgan fingerprint density at radius 3 is 2.34 bits per heavy atom. The second kappa shape index (κ2) is 9.01. The molecule has 1 N–H and O–H groups in total. The van der Waals surface area contributed by atoms with Crippen molar-refractivity contribution in [1.29, 1.82) is 0 Å². The summed E-state index contributed by atoms with van der Waals surface area (Å²) >= 11 is 4.29. The number of thiol groups is 1. The normalized spacial score (nSPS) is 12.6. The molecule has 0 heterocycles. The maximum atomic E-state index is 12.2. The molecule has 0 saturated heterocycles. The predicted octanol–water partition coefficient (Wildman–Crippen LogP) is 5.67. The maximum Gasteiger partial charge on any atom is 0.407 e.